The average molecular weight is 513 g/mol. The molecule has 2 aromatic rings. The van der Waals surface area contributed by atoms with Crippen molar-refractivity contribution in [2.24, 2.45) is 4.99 Å². The number of halogens is 1. The van der Waals surface area contributed by atoms with Gasteiger partial charge < -0.3 is 15.5 Å². The second kappa shape index (κ2) is 11.4. The van der Waals surface area contributed by atoms with Gasteiger partial charge in [0.15, 0.2) is 5.96 Å². The van der Waals surface area contributed by atoms with Crippen LogP contribution in [0.3, 0.4) is 0 Å². The molecule has 1 fully saturated rings. The van der Waals surface area contributed by atoms with Crippen molar-refractivity contribution in [1.82, 2.24) is 20.5 Å². The lowest BCUT2D eigenvalue weighted by atomic mass is 10.1. The van der Waals surface area contributed by atoms with Crippen LogP contribution in [0.25, 0.3) is 0 Å². The minimum atomic E-state index is 0. The van der Waals surface area contributed by atoms with Crippen molar-refractivity contribution in [2.45, 2.75) is 39.3 Å². The van der Waals surface area contributed by atoms with E-state index >= 15 is 0 Å². The van der Waals surface area contributed by atoms with Crippen LogP contribution in [-0.2, 0) is 24.3 Å². The van der Waals surface area contributed by atoms with E-state index in [0.717, 1.165) is 36.9 Å². The van der Waals surface area contributed by atoms with Gasteiger partial charge in [-0.15, -0.1) is 35.3 Å². The molecule has 0 aliphatic carbocycles. The number of nitrogens with one attached hydrogen (secondary N) is 2. The maximum Gasteiger partial charge on any atom is 0.222 e. The summed E-state index contributed by atoms with van der Waals surface area (Å²) in [7, 11) is 1.78. The Morgan fingerprint density at radius 2 is 2.14 bits per heavy atom. The van der Waals surface area contributed by atoms with Gasteiger partial charge in [0.2, 0.25) is 5.91 Å². The van der Waals surface area contributed by atoms with Gasteiger partial charge in [0, 0.05) is 57.1 Å². The van der Waals surface area contributed by atoms with E-state index < -0.39 is 0 Å². The number of hydrogen-bond donors (Lipinski definition) is 2. The molecule has 152 valence electrons. The molecule has 2 N–H and O–H groups in total. The van der Waals surface area contributed by atoms with Crippen molar-refractivity contribution in [3.8, 4) is 0 Å². The average Bonchev–Trinajstić information content (AvgIpc) is 3.26. The number of thiazole rings is 1. The second-order valence-electron chi connectivity index (χ2n) is 6.71. The summed E-state index contributed by atoms with van der Waals surface area (Å²) in [5.41, 5.74) is 2.35. The summed E-state index contributed by atoms with van der Waals surface area (Å²) >= 11 is 1.73. The zero-order chi connectivity index (χ0) is 19.1. The molecule has 1 aliphatic rings. The summed E-state index contributed by atoms with van der Waals surface area (Å²) in [5, 5.41) is 7.82. The number of carbonyl (C=O) groups is 1. The normalized spacial score (nSPS) is 14.1. The quantitative estimate of drug-likeness (QED) is 0.339. The number of guanidine groups is 1. The zero-order valence-electron chi connectivity index (χ0n) is 16.4. The second-order valence-corrected chi connectivity index (χ2v) is 8.03. The minimum Gasteiger partial charge on any atom is -0.356 e. The van der Waals surface area contributed by atoms with Gasteiger partial charge in [-0.2, -0.15) is 0 Å². The molecule has 1 aromatic heterocycles. The number of benzene rings is 1. The summed E-state index contributed by atoms with van der Waals surface area (Å²) in [6.45, 7) is 5.13. The van der Waals surface area contributed by atoms with E-state index in [0.29, 0.717) is 19.5 Å². The monoisotopic (exact) mass is 513 g/mol. The van der Waals surface area contributed by atoms with Crippen LogP contribution in [0.5, 0.6) is 0 Å². The molecule has 1 amide bonds. The maximum absolute atomic E-state index is 11.8. The van der Waals surface area contributed by atoms with Crippen LogP contribution in [0.4, 0.5) is 0 Å². The lowest BCUT2D eigenvalue weighted by Gasteiger charge is -2.16. The lowest BCUT2D eigenvalue weighted by Crippen LogP contribution is -2.37. The number of amides is 1. The third kappa shape index (κ3) is 6.73. The van der Waals surface area contributed by atoms with Gasteiger partial charge >= 0.3 is 0 Å². The van der Waals surface area contributed by atoms with Crippen molar-refractivity contribution >= 4 is 47.2 Å². The van der Waals surface area contributed by atoms with Gasteiger partial charge in [0.1, 0.15) is 0 Å². The predicted molar refractivity (Wildman–Crippen MR) is 125 cm³/mol. The summed E-state index contributed by atoms with van der Waals surface area (Å²) in [6, 6.07) is 8.38. The molecule has 8 heteroatoms. The highest BCUT2D eigenvalue weighted by atomic mass is 127. The predicted octanol–water partition coefficient (Wildman–Crippen LogP) is 3.10. The minimum absolute atomic E-state index is 0. The van der Waals surface area contributed by atoms with Crippen LogP contribution in [0.15, 0.2) is 35.5 Å². The molecule has 0 unspecified atom stereocenters. The molecular weight excluding hydrogens is 485 g/mol. The van der Waals surface area contributed by atoms with E-state index in [1.165, 1.54) is 16.0 Å². The Hall–Kier alpha value is -1.68. The van der Waals surface area contributed by atoms with Crippen LogP contribution < -0.4 is 10.6 Å². The van der Waals surface area contributed by atoms with Crippen LogP contribution in [0.2, 0.25) is 0 Å². The summed E-state index contributed by atoms with van der Waals surface area (Å²) in [6.07, 6.45) is 4.46. The molecule has 6 nitrogen and oxygen atoms in total. The largest absolute Gasteiger partial charge is 0.356 e. The molecule has 0 bridgehead atoms. The van der Waals surface area contributed by atoms with E-state index in [1.807, 2.05) is 17.2 Å². The Bertz CT molecular complexity index is 807. The van der Waals surface area contributed by atoms with Gasteiger partial charge in [-0.05, 0) is 24.5 Å². The standard InChI is InChI=1S/C20H27N5OS.HI/c1-15-12-23-18(27-15)8-9-22-20(21-2)24-13-16-5-3-6-17(11-16)14-25-10-4-7-19(25)26;/h3,5-6,11-12H,4,7-10,13-14H2,1-2H3,(H2,21,22,24);1H. The number of rotatable bonds is 7. The first-order valence-electron chi connectivity index (χ1n) is 9.35. The fourth-order valence-electron chi connectivity index (χ4n) is 3.14. The first kappa shape index (κ1) is 22.6. The summed E-state index contributed by atoms with van der Waals surface area (Å²) < 4.78 is 0. The Balaban J connectivity index is 0.00000280. The number of nitrogens with zero attached hydrogens (tertiary/aromatic N) is 3. The van der Waals surface area contributed by atoms with Crippen molar-refractivity contribution in [3.05, 3.63) is 51.5 Å². The summed E-state index contributed by atoms with van der Waals surface area (Å²) in [5.74, 6) is 1.04. The number of aliphatic imine (C=N–C) groups is 1. The van der Waals surface area contributed by atoms with Crippen molar-refractivity contribution in [2.75, 3.05) is 20.1 Å². The van der Waals surface area contributed by atoms with Gasteiger partial charge in [0.25, 0.3) is 0 Å². The number of aryl methyl sites for hydroxylation is 1. The molecule has 0 saturated carbocycles. The van der Waals surface area contributed by atoms with Crippen LogP contribution in [0.1, 0.15) is 33.9 Å². The number of aromatic nitrogens is 1. The van der Waals surface area contributed by atoms with Gasteiger partial charge in [-0.3, -0.25) is 9.79 Å². The molecular formula is C20H28IN5OS. The van der Waals surface area contributed by atoms with Crippen molar-refractivity contribution in [3.63, 3.8) is 0 Å². The van der Waals surface area contributed by atoms with Crippen molar-refractivity contribution in [1.29, 1.82) is 0 Å². The first-order chi connectivity index (χ1) is 13.1. The number of carbonyl (C=O) groups excluding carboxylic acids is 1. The third-order valence-corrected chi connectivity index (χ3v) is 5.49. The molecule has 0 spiro atoms. The van der Waals surface area contributed by atoms with E-state index in [1.54, 1.807) is 18.4 Å². The molecule has 28 heavy (non-hydrogen) atoms. The third-order valence-electron chi connectivity index (χ3n) is 4.52. The van der Waals surface area contributed by atoms with Crippen LogP contribution in [0, 0.1) is 6.92 Å². The Kier molecular flexibility index (Phi) is 9.17. The molecule has 3 rings (SSSR count). The number of hydrogen-bond acceptors (Lipinski definition) is 4. The van der Waals surface area contributed by atoms with Gasteiger partial charge in [0.05, 0.1) is 5.01 Å². The van der Waals surface area contributed by atoms with Crippen molar-refractivity contribution < 1.29 is 4.79 Å². The van der Waals surface area contributed by atoms with Gasteiger partial charge in [-0.1, -0.05) is 24.3 Å². The highest BCUT2D eigenvalue weighted by molar-refractivity contribution is 14.0. The lowest BCUT2D eigenvalue weighted by molar-refractivity contribution is -0.128. The Morgan fingerprint density at radius 1 is 1.32 bits per heavy atom. The molecule has 1 saturated heterocycles. The van der Waals surface area contributed by atoms with Crippen LogP contribution in [-0.4, -0.2) is 41.9 Å². The fraction of sp³-hybridized carbons (Fsp3) is 0.450. The van der Waals surface area contributed by atoms with E-state index in [2.05, 4.69) is 45.7 Å². The molecule has 2 heterocycles. The highest BCUT2D eigenvalue weighted by Crippen LogP contribution is 2.15. The topological polar surface area (TPSA) is 69.6 Å². The van der Waals surface area contributed by atoms with E-state index in [4.69, 9.17) is 0 Å². The van der Waals surface area contributed by atoms with E-state index in [9.17, 15) is 4.79 Å². The molecule has 1 aliphatic heterocycles. The number of likely N-dealkylation sites (tertiary alicyclic amines) is 1. The zero-order valence-corrected chi connectivity index (χ0v) is 19.5. The SMILES string of the molecule is CN=C(NCCc1ncc(C)s1)NCc1cccc(CN2CCCC2=O)c1.I. The van der Waals surface area contributed by atoms with Crippen LogP contribution >= 0.6 is 35.3 Å². The fourth-order valence-corrected chi connectivity index (χ4v) is 3.93. The summed E-state index contributed by atoms with van der Waals surface area (Å²) in [4.78, 5) is 23.6. The Labute approximate surface area is 187 Å². The smallest absolute Gasteiger partial charge is 0.222 e. The maximum atomic E-state index is 11.8. The highest BCUT2D eigenvalue weighted by Gasteiger charge is 2.19. The van der Waals surface area contributed by atoms with E-state index in [-0.39, 0.29) is 29.9 Å². The molecule has 0 radical (unpaired) electrons. The Morgan fingerprint density at radius 3 is 2.82 bits per heavy atom. The van der Waals surface area contributed by atoms with Gasteiger partial charge in [-0.25, -0.2) is 4.98 Å². The molecule has 0 atom stereocenters. The first-order valence-corrected chi connectivity index (χ1v) is 10.2. The molecule has 1 aromatic carbocycles.